The summed E-state index contributed by atoms with van der Waals surface area (Å²) in [5.41, 5.74) is 7.43. The Balaban J connectivity index is 2.70. The Morgan fingerprint density at radius 3 is 2.81 bits per heavy atom. The lowest BCUT2D eigenvalue weighted by molar-refractivity contribution is -0.114. The minimum Gasteiger partial charge on any atom is -0.330 e. The fourth-order valence-electron chi connectivity index (χ4n) is 1.53. The van der Waals surface area contributed by atoms with E-state index in [-0.39, 0.29) is 5.91 Å². The van der Waals surface area contributed by atoms with Crippen LogP contribution in [0.5, 0.6) is 0 Å². The molecule has 0 saturated carbocycles. The van der Waals surface area contributed by atoms with Crippen LogP contribution in [-0.2, 0) is 11.2 Å². The van der Waals surface area contributed by atoms with Crippen LogP contribution in [0, 0.1) is 0 Å². The quantitative estimate of drug-likeness (QED) is 0.544. The third-order valence-electron chi connectivity index (χ3n) is 2.30. The third-order valence-corrected chi connectivity index (χ3v) is 2.74. The lowest BCUT2D eigenvalue weighted by Crippen LogP contribution is -2.06. The first kappa shape index (κ1) is 13.1. The predicted molar refractivity (Wildman–Crippen MR) is 70.0 cm³/mol. The van der Waals surface area contributed by atoms with Gasteiger partial charge in [-0.15, -0.1) is 12.6 Å². The summed E-state index contributed by atoms with van der Waals surface area (Å²) in [7, 11) is 0. The number of anilines is 1. The molecule has 0 saturated heterocycles. The molecule has 0 unspecified atom stereocenters. The second-order valence-electron chi connectivity index (χ2n) is 3.77. The number of unbranched alkanes of at least 4 members (excludes halogenated alkanes) is 1. The largest absolute Gasteiger partial charge is 0.330 e. The number of amides is 1. The highest BCUT2D eigenvalue weighted by Gasteiger charge is 2.02. The van der Waals surface area contributed by atoms with Gasteiger partial charge in [-0.25, -0.2) is 0 Å². The van der Waals surface area contributed by atoms with Gasteiger partial charge in [-0.2, -0.15) is 0 Å². The van der Waals surface area contributed by atoms with Gasteiger partial charge in [0.2, 0.25) is 5.91 Å². The van der Waals surface area contributed by atoms with Crippen LogP contribution in [0.2, 0.25) is 0 Å². The molecule has 1 amide bonds. The Bertz CT molecular complexity index is 366. The number of carbonyl (C=O) groups is 1. The maximum absolute atomic E-state index is 10.9. The van der Waals surface area contributed by atoms with Crippen molar-refractivity contribution in [2.24, 2.45) is 5.73 Å². The fraction of sp³-hybridized carbons (Fsp3) is 0.417. The van der Waals surface area contributed by atoms with Crippen LogP contribution in [0.15, 0.2) is 23.1 Å². The summed E-state index contributed by atoms with van der Waals surface area (Å²) in [6, 6.07) is 5.74. The van der Waals surface area contributed by atoms with Crippen molar-refractivity contribution in [1.29, 1.82) is 0 Å². The summed E-state index contributed by atoms with van der Waals surface area (Å²) in [5, 5.41) is 2.77. The normalized spacial score (nSPS) is 10.2. The van der Waals surface area contributed by atoms with Crippen LogP contribution in [0.3, 0.4) is 0 Å². The van der Waals surface area contributed by atoms with Crippen LogP contribution in [0.25, 0.3) is 0 Å². The van der Waals surface area contributed by atoms with Gasteiger partial charge in [0, 0.05) is 17.5 Å². The van der Waals surface area contributed by atoms with E-state index < -0.39 is 0 Å². The van der Waals surface area contributed by atoms with Gasteiger partial charge in [0.25, 0.3) is 0 Å². The lowest BCUT2D eigenvalue weighted by Gasteiger charge is -2.08. The minimum absolute atomic E-state index is 0.0557. The first-order valence-electron chi connectivity index (χ1n) is 5.43. The van der Waals surface area contributed by atoms with Gasteiger partial charge >= 0.3 is 0 Å². The molecule has 0 aromatic heterocycles. The van der Waals surface area contributed by atoms with E-state index in [9.17, 15) is 4.79 Å². The van der Waals surface area contributed by atoms with Crippen LogP contribution >= 0.6 is 12.6 Å². The number of hydrogen-bond donors (Lipinski definition) is 3. The van der Waals surface area contributed by atoms with Crippen LogP contribution in [-0.4, -0.2) is 12.5 Å². The molecule has 0 heterocycles. The molecule has 0 fully saturated rings. The molecule has 1 aromatic carbocycles. The highest BCUT2D eigenvalue weighted by molar-refractivity contribution is 7.80. The van der Waals surface area contributed by atoms with Crippen molar-refractivity contribution in [2.45, 2.75) is 31.1 Å². The fourth-order valence-corrected chi connectivity index (χ4v) is 1.78. The van der Waals surface area contributed by atoms with Crippen LogP contribution in [0.1, 0.15) is 25.3 Å². The molecule has 0 bridgehead atoms. The zero-order chi connectivity index (χ0) is 12.0. The summed E-state index contributed by atoms with van der Waals surface area (Å²) in [6.07, 6.45) is 3.01. The molecule has 16 heavy (non-hydrogen) atoms. The maximum atomic E-state index is 10.9. The molecule has 88 valence electrons. The summed E-state index contributed by atoms with van der Waals surface area (Å²) >= 11 is 4.39. The van der Waals surface area contributed by atoms with E-state index in [1.54, 1.807) is 0 Å². The van der Waals surface area contributed by atoms with Gasteiger partial charge in [-0.3, -0.25) is 4.79 Å². The van der Waals surface area contributed by atoms with E-state index in [1.165, 1.54) is 6.92 Å². The number of aryl methyl sites for hydroxylation is 1. The average molecular weight is 238 g/mol. The molecule has 1 rings (SSSR count). The first-order chi connectivity index (χ1) is 7.63. The van der Waals surface area contributed by atoms with E-state index in [1.807, 2.05) is 18.2 Å². The summed E-state index contributed by atoms with van der Waals surface area (Å²) < 4.78 is 0. The van der Waals surface area contributed by atoms with Gasteiger partial charge in [0.05, 0.1) is 0 Å². The highest BCUT2D eigenvalue weighted by Crippen LogP contribution is 2.20. The molecule has 0 atom stereocenters. The topological polar surface area (TPSA) is 55.1 Å². The Kier molecular flexibility index (Phi) is 5.35. The molecule has 0 radical (unpaired) electrons. The minimum atomic E-state index is -0.0557. The molecule has 1 aromatic rings. The van der Waals surface area contributed by atoms with Gasteiger partial charge in [0.1, 0.15) is 0 Å². The van der Waals surface area contributed by atoms with E-state index in [4.69, 9.17) is 5.73 Å². The van der Waals surface area contributed by atoms with E-state index in [2.05, 4.69) is 17.9 Å². The Morgan fingerprint density at radius 2 is 2.19 bits per heavy atom. The monoisotopic (exact) mass is 238 g/mol. The van der Waals surface area contributed by atoms with E-state index in [0.29, 0.717) is 6.54 Å². The summed E-state index contributed by atoms with van der Waals surface area (Å²) in [4.78, 5) is 11.9. The van der Waals surface area contributed by atoms with Crippen molar-refractivity contribution in [3.8, 4) is 0 Å². The van der Waals surface area contributed by atoms with Crippen molar-refractivity contribution in [3.63, 3.8) is 0 Å². The summed E-state index contributed by atoms with van der Waals surface area (Å²) in [5.74, 6) is -0.0557. The van der Waals surface area contributed by atoms with Crippen molar-refractivity contribution < 1.29 is 4.79 Å². The first-order valence-corrected chi connectivity index (χ1v) is 5.87. The van der Waals surface area contributed by atoms with E-state index >= 15 is 0 Å². The molecule has 0 spiro atoms. The lowest BCUT2D eigenvalue weighted by atomic mass is 10.1. The Labute approximate surface area is 102 Å². The molecule has 3 nitrogen and oxygen atoms in total. The second-order valence-corrected chi connectivity index (χ2v) is 4.25. The zero-order valence-corrected chi connectivity index (χ0v) is 10.4. The average Bonchev–Trinajstić information content (AvgIpc) is 2.22. The highest BCUT2D eigenvalue weighted by atomic mass is 32.1. The number of benzene rings is 1. The van der Waals surface area contributed by atoms with Crippen molar-refractivity contribution in [2.75, 3.05) is 11.9 Å². The Hall–Kier alpha value is -1.00. The SMILES string of the molecule is CC(=O)Nc1ccc(S)c(CCCCN)c1. The smallest absolute Gasteiger partial charge is 0.221 e. The van der Waals surface area contributed by atoms with Crippen molar-refractivity contribution in [3.05, 3.63) is 23.8 Å². The molecule has 3 N–H and O–H groups in total. The van der Waals surface area contributed by atoms with Gasteiger partial charge < -0.3 is 11.1 Å². The zero-order valence-electron chi connectivity index (χ0n) is 9.49. The number of carbonyl (C=O) groups excluding carboxylic acids is 1. The second kappa shape index (κ2) is 6.55. The van der Waals surface area contributed by atoms with E-state index in [0.717, 1.165) is 35.4 Å². The van der Waals surface area contributed by atoms with Crippen molar-refractivity contribution in [1.82, 2.24) is 0 Å². The number of nitrogens with two attached hydrogens (primary N) is 1. The number of thiol groups is 1. The maximum Gasteiger partial charge on any atom is 0.221 e. The molecule has 0 aliphatic heterocycles. The van der Waals surface area contributed by atoms with Gasteiger partial charge in [0.15, 0.2) is 0 Å². The summed E-state index contributed by atoms with van der Waals surface area (Å²) in [6.45, 7) is 2.22. The number of rotatable bonds is 5. The van der Waals surface area contributed by atoms with Crippen LogP contribution < -0.4 is 11.1 Å². The van der Waals surface area contributed by atoms with Gasteiger partial charge in [-0.05, 0) is 49.6 Å². The molecular weight excluding hydrogens is 220 g/mol. The Morgan fingerprint density at radius 1 is 1.44 bits per heavy atom. The molecular formula is C12H18N2OS. The van der Waals surface area contributed by atoms with Crippen LogP contribution in [0.4, 0.5) is 5.69 Å². The standard InChI is InChI=1S/C12H18N2OS/c1-9(15)14-11-5-6-12(16)10(8-11)4-2-3-7-13/h5-6,8,16H,2-4,7,13H2,1H3,(H,14,15). The molecule has 0 aliphatic rings. The predicted octanol–water partition coefficient (Wildman–Crippen LogP) is 2.22. The number of nitrogens with one attached hydrogen (secondary N) is 1. The molecule has 4 heteroatoms. The third kappa shape index (κ3) is 4.24. The number of hydrogen-bond acceptors (Lipinski definition) is 3. The van der Waals surface area contributed by atoms with Gasteiger partial charge in [-0.1, -0.05) is 0 Å². The molecule has 0 aliphatic carbocycles. The van der Waals surface area contributed by atoms with Crippen molar-refractivity contribution >= 4 is 24.2 Å².